The molecule has 0 unspecified atom stereocenters. The molecule has 6 nitrogen and oxygen atoms in total. The smallest absolute Gasteiger partial charge is 0.258 e. The Labute approximate surface area is 162 Å². The molecule has 4 rings (SSSR count). The lowest BCUT2D eigenvalue weighted by molar-refractivity contribution is -0.116. The minimum absolute atomic E-state index is 0.158. The van der Waals surface area contributed by atoms with E-state index < -0.39 is 0 Å². The van der Waals surface area contributed by atoms with Crippen molar-refractivity contribution in [3.05, 3.63) is 62.8 Å². The Bertz CT molecular complexity index is 1180. The highest BCUT2D eigenvalue weighted by molar-refractivity contribution is 7.17. The van der Waals surface area contributed by atoms with Gasteiger partial charge in [0.1, 0.15) is 5.82 Å². The number of hydrogen-bond acceptors (Lipinski definition) is 6. The maximum Gasteiger partial charge on any atom is 0.258 e. The van der Waals surface area contributed by atoms with Crippen LogP contribution in [0.3, 0.4) is 0 Å². The second-order valence-electron chi connectivity index (χ2n) is 6.03. The zero-order chi connectivity index (χ0) is 18.8. The van der Waals surface area contributed by atoms with E-state index in [0.717, 1.165) is 10.6 Å². The number of carbonyl (C=O) groups excluding carboxylic acids is 1. The molecule has 0 aliphatic heterocycles. The fourth-order valence-corrected chi connectivity index (χ4v) is 4.31. The van der Waals surface area contributed by atoms with Crippen molar-refractivity contribution in [1.82, 2.24) is 15.0 Å². The van der Waals surface area contributed by atoms with Crippen molar-refractivity contribution in [1.29, 1.82) is 0 Å². The molecule has 0 aliphatic rings. The number of nitrogens with one attached hydrogen (secondary N) is 2. The van der Waals surface area contributed by atoms with E-state index in [1.54, 1.807) is 29.5 Å². The fraction of sp³-hybridized carbons (Fsp3) is 0.158. The van der Waals surface area contributed by atoms with Gasteiger partial charge in [-0.25, -0.2) is 9.97 Å². The second-order valence-corrected chi connectivity index (χ2v) is 8.17. The summed E-state index contributed by atoms with van der Waals surface area (Å²) in [6.07, 6.45) is 0.572. The van der Waals surface area contributed by atoms with E-state index in [9.17, 15) is 9.59 Å². The molecule has 0 saturated carbocycles. The molecule has 3 aromatic heterocycles. The third-order valence-electron chi connectivity index (χ3n) is 3.99. The average Bonchev–Trinajstić information content (AvgIpc) is 3.29. The number of amides is 1. The molecule has 4 aromatic rings. The van der Waals surface area contributed by atoms with Gasteiger partial charge in [0.2, 0.25) is 5.91 Å². The van der Waals surface area contributed by atoms with Gasteiger partial charge in [-0.1, -0.05) is 12.1 Å². The minimum Gasteiger partial charge on any atom is -0.310 e. The Morgan fingerprint density at radius 2 is 2.04 bits per heavy atom. The summed E-state index contributed by atoms with van der Waals surface area (Å²) in [5.74, 6) is 0.344. The highest BCUT2D eigenvalue weighted by atomic mass is 32.1. The molecule has 0 atom stereocenters. The van der Waals surface area contributed by atoms with E-state index in [1.165, 1.54) is 16.2 Å². The zero-order valence-electron chi connectivity index (χ0n) is 14.5. The summed E-state index contributed by atoms with van der Waals surface area (Å²) in [6, 6.07) is 11.2. The summed E-state index contributed by atoms with van der Waals surface area (Å²) in [5.41, 5.74) is 1.31. The number of rotatable bonds is 5. The van der Waals surface area contributed by atoms with Gasteiger partial charge in [0.15, 0.2) is 5.13 Å². The summed E-state index contributed by atoms with van der Waals surface area (Å²) in [5, 5.41) is 5.86. The van der Waals surface area contributed by atoms with Crippen molar-refractivity contribution in [2.45, 2.75) is 19.8 Å². The van der Waals surface area contributed by atoms with Gasteiger partial charge in [-0.05, 0) is 31.2 Å². The number of para-hydroxylation sites is 1. The van der Waals surface area contributed by atoms with Crippen LogP contribution < -0.4 is 10.9 Å². The summed E-state index contributed by atoms with van der Waals surface area (Å²) in [6.45, 7) is 2.05. The van der Waals surface area contributed by atoms with Crippen LogP contribution in [0.15, 0.2) is 46.6 Å². The lowest BCUT2D eigenvalue weighted by Gasteiger charge is -2.03. The van der Waals surface area contributed by atoms with Crippen molar-refractivity contribution < 1.29 is 4.79 Å². The molecule has 1 amide bonds. The average molecular weight is 396 g/mol. The molecular weight excluding hydrogens is 380 g/mol. The number of hydrogen-bond donors (Lipinski definition) is 2. The Morgan fingerprint density at radius 3 is 2.85 bits per heavy atom. The van der Waals surface area contributed by atoms with Crippen LogP contribution >= 0.6 is 22.7 Å². The number of H-pyrrole nitrogens is 1. The lowest BCUT2D eigenvalue weighted by atomic mass is 10.2. The summed E-state index contributed by atoms with van der Waals surface area (Å²) >= 11 is 3.07. The first-order valence-corrected chi connectivity index (χ1v) is 10.1. The van der Waals surface area contributed by atoms with Crippen molar-refractivity contribution in [3.63, 3.8) is 0 Å². The Kier molecular flexibility index (Phi) is 4.83. The van der Waals surface area contributed by atoms with Gasteiger partial charge >= 0.3 is 0 Å². The van der Waals surface area contributed by atoms with Crippen molar-refractivity contribution in [2.24, 2.45) is 0 Å². The number of nitrogens with zero attached hydrogens (tertiary/aromatic N) is 2. The molecule has 0 spiro atoms. The topological polar surface area (TPSA) is 87.7 Å². The molecular formula is C19H16N4O2S2. The highest BCUT2D eigenvalue weighted by Crippen LogP contribution is 2.30. The van der Waals surface area contributed by atoms with E-state index in [0.29, 0.717) is 28.3 Å². The Balaban J connectivity index is 1.40. The van der Waals surface area contributed by atoms with Gasteiger partial charge in [-0.3, -0.25) is 9.59 Å². The van der Waals surface area contributed by atoms with Crippen LogP contribution in [0.2, 0.25) is 0 Å². The predicted octanol–water partition coefficient (Wildman–Crippen LogP) is 3.99. The number of thiazole rings is 1. The van der Waals surface area contributed by atoms with Gasteiger partial charge in [0, 0.05) is 23.1 Å². The number of aromatic amines is 1. The van der Waals surface area contributed by atoms with Crippen LogP contribution in [0.1, 0.15) is 17.1 Å². The van der Waals surface area contributed by atoms with Crippen molar-refractivity contribution >= 4 is 44.6 Å². The van der Waals surface area contributed by atoms with Crippen LogP contribution in [0.4, 0.5) is 5.13 Å². The maximum atomic E-state index is 12.2. The van der Waals surface area contributed by atoms with Crippen molar-refractivity contribution in [2.75, 3.05) is 5.32 Å². The summed E-state index contributed by atoms with van der Waals surface area (Å²) in [7, 11) is 0. The molecule has 0 bridgehead atoms. The van der Waals surface area contributed by atoms with E-state index in [-0.39, 0.29) is 17.9 Å². The van der Waals surface area contributed by atoms with Gasteiger partial charge in [0.25, 0.3) is 5.56 Å². The van der Waals surface area contributed by atoms with E-state index in [2.05, 4.69) is 26.3 Å². The Morgan fingerprint density at radius 1 is 1.19 bits per heavy atom. The number of aromatic nitrogens is 3. The molecule has 2 N–H and O–H groups in total. The lowest BCUT2D eigenvalue weighted by Crippen LogP contribution is -2.16. The quantitative estimate of drug-likeness (QED) is 0.534. The van der Waals surface area contributed by atoms with Gasteiger partial charge in [0.05, 0.1) is 21.5 Å². The second kappa shape index (κ2) is 7.42. The maximum absolute atomic E-state index is 12.2. The fourth-order valence-electron chi connectivity index (χ4n) is 2.68. The number of thiophene rings is 1. The van der Waals surface area contributed by atoms with Gasteiger partial charge in [-0.2, -0.15) is 0 Å². The van der Waals surface area contributed by atoms with E-state index in [4.69, 9.17) is 0 Å². The largest absolute Gasteiger partial charge is 0.310 e. The summed E-state index contributed by atoms with van der Waals surface area (Å²) in [4.78, 5) is 38.2. The van der Waals surface area contributed by atoms with Crippen LogP contribution in [0.5, 0.6) is 0 Å². The van der Waals surface area contributed by atoms with Crippen molar-refractivity contribution in [3.8, 4) is 10.6 Å². The normalized spacial score (nSPS) is 11.0. The standard InChI is InChI=1S/C19H16N4O2S2/c1-11-6-7-15(27-11)14-10-26-19(21-14)23-17(24)9-8-16-20-13-5-3-2-4-12(13)18(25)22-16/h2-7,10H,8-9H2,1H3,(H,20,22,25)(H,21,23,24). The van der Waals surface area contributed by atoms with Gasteiger partial charge < -0.3 is 10.3 Å². The first kappa shape index (κ1) is 17.6. The van der Waals surface area contributed by atoms with Crippen LogP contribution in [-0.4, -0.2) is 20.9 Å². The number of carbonyl (C=O) groups is 1. The minimum atomic E-state index is -0.188. The predicted molar refractivity (Wildman–Crippen MR) is 109 cm³/mol. The number of benzene rings is 1. The summed E-state index contributed by atoms with van der Waals surface area (Å²) < 4.78 is 0. The van der Waals surface area contributed by atoms with E-state index >= 15 is 0 Å². The zero-order valence-corrected chi connectivity index (χ0v) is 16.1. The highest BCUT2D eigenvalue weighted by Gasteiger charge is 2.11. The molecule has 0 aliphatic carbocycles. The Hall–Kier alpha value is -2.84. The molecule has 3 heterocycles. The first-order chi connectivity index (χ1) is 13.1. The first-order valence-electron chi connectivity index (χ1n) is 8.38. The molecule has 27 heavy (non-hydrogen) atoms. The van der Waals surface area contributed by atoms with Crippen LogP contribution in [0.25, 0.3) is 21.5 Å². The molecule has 0 fully saturated rings. The third kappa shape index (κ3) is 3.96. The molecule has 0 saturated heterocycles. The molecule has 1 aromatic carbocycles. The van der Waals surface area contributed by atoms with Gasteiger partial charge in [-0.15, -0.1) is 22.7 Å². The molecule has 0 radical (unpaired) electrons. The van der Waals surface area contributed by atoms with Crippen LogP contribution in [-0.2, 0) is 11.2 Å². The monoisotopic (exact) mass is 396 g/mol. The SMILES string of the molecule is Cc1ccc(-c2csc(NC(=O)CCc3nc4ccccc4c(=O)[nH]3)n2)s1. The molecule has 8 heteroatoms. The van der Waals surface area contributed by atoms with Crippen LogP contribution in [0, 0.1) is 6.92 Å². The molecule has 136 valence electrons. The number of anilines is 1. The third-order valence-corrected chi connectivity index (χ3v) is 5.78. The van der Waals surface area contributed by atoms with E-state index in [1.807, 2.05) is 24.4 Å². The number of fused-ring (bicyclic) bond motifs is 1. The number of aryl methyl sites for hydroxylation is 2.